The number of nitrogens with one attached hydrogen (secondary N) is 1. The van der Waals surface area contributed by atoms with E-state index < -0.39 is 22.5 Å². The van der Waals surface area contributed by atoms with E-state index in [9.17, 15) is 13.2 Å². The van der Waals surface area contributed by atoms with Gasteiger partial charge in [-0.3, -0.25) is 4.79 Å². The number of hydrogen-bond donors (Lipinski definition) is 2. The monoisotopic (exact) mass is 274 g/mol. The van der Waals surface area contributed by atoms with Crippen LogP contribution < -0.4 is 15.2 Å². The Morgan fingerprint density at radius 1 is 1.39 bits per heavy atom. The Hall–Kier alpha value is -1.80. The highest BCUT2D eigenvalue weighted by Crippen LogP contribution is 2.24. The van der Waals surface area contributed by atoms with Crippen LogP contribution in [0, 0.1) is 0 Å². The molecule has 0 aliphatic heterocycles. The van der Waals surface area contributed by atoms with Crippen LogP contribution in [0.1, 0.15) is 0 Å². The fraction of sp³-hybridized carbons (Fsp3) is 0.300. The molecular formula is C10H14N2O5S. The van der Waals surface area contributed by atoms with Gasteiger partial charge in [0.1, 0.15) is 12.3 Å². The predicted octanol–water partition coefficient (Wildman–Crippen LogP) is -0.271. The summed E-state index contributed by atoms with van der Waals surface area (Å²) in [6.07, 6.45) is 0. The largest absolute Gasteiger partial charge is 0.495 e. The number of nitrogens with two attached hydrogens (primary N) is 1. The second kappa shape index (κ2) is 5.69. The van der Waals surface area contributed by atoms with Crippen molar-refractivity contribution in [3.05, 3.63) is 18.2 Å². The van der Waals surface area contributed by atoms with Gasteiger partial charge < -0.3 is 15.2 Å². The van der Waals surface area contributed by atoms with Gasteiger partial charge in [0.05, 0.1) is 24.8 Å². The highest BCUT2D eigenvalue weighted by molar-refractivity contribution is 7.89. The fourth-order valence-electron chi connectivity index (χ4n) is 1.19. The molecule has 1 aromatic rings. The summed E-state index contributed by atoms with van der Waals surface area (Å²) in [5.74, 6) is -0.304. The Kier molecular flexibility index (Phi) is 4.51. The summed E-state index contributed by atoms with van der Waals surface area (Å²) in [6.45, 7) is -0.440. The molecule has 0 fully saturated rings. The van der Waals surface area contributed by atoms with Crippen molar-refractivity contribution < 1.29 is 22.7 Å². The van der Waals surface area contributed by atoms with Gasteiger partial charge in [0.25, 0.3) is 0 Å². The normalized spacial score (nSPS) is 11.0. The number of rotatable bonds is 5. The van der Waals surface area contributed by atoms with Crippen molar-refractivity contribution in [2.45, 2.75) is 4.90 Å². The lowest BCUT2D eigenvalue weighted by Crippen LogP contribution is -2.30. The summed E-state index contributed by atoms with van der Waals surface area (Å²) >= 11 is 0. The summed E-state index contributed by atoms with van der Waals surface area (Å²) in [4.78, 5) is 10.8. The lowest BCUT2D eigenvalue weighted by atomic mass is 10.3. The first kappa shape index (κ1) is 14.3. The van der Waals surface area contributed by atoms with Gasteiger partial charge in [-0.15, -0.1) is 0 Å². The lowest BCUT2D eigenvalue weighted by molar-refractivity contribution is -0.139. The number of esters is 1. The van der Waals surface area contributed by atoms with Crippen LogP contribution in [0.4, 0.5) is 5.69 Å². The minimum atomic E-state index is -3.80. The van der Waals surface area contributed by atoms with Crippen LogP contribution in [-0.4, -0.2) is 35.2 Å². The summed E-state index contributed by atoms with van der Waals surface area (Å²) in [6, 6.07) is 4.01. The molecule has 0 aliphatic rings. The van der Waals surface area contributed by atoms with Crippen molar-refractivity contribution in [2.75, 3.05) is 26.5 Å². The molecule has 0 atom stereocenters. The standard InChI is InChI=1S/C10H14N2O5S/c1-16-9-4-3-7(5-8(9)11)18(14,15)12-6-10(13)17-2/h3-5,12H,6,11H2,1-2H3. The zero-order valence-electron chi connectivity index (χ0n) is 9.97. The van der Waals surface area contributed by atoms with Crippen molar-refractivity contribution in [2.24, 2.45) is 0 Å². The van der Waals surface area contributed by atoms with Crippen molar-refractivity contribution in [3.8, 4) is 5.75 Å². The number of carbonyl (C=O) groups excluding carboxylic acids is 1. The van der Waals surface area contributed by atoms with Crippen molar-refractivity contribution in [1.29, 1.82) is 0 Å². The maximum atomic E-state index is 11.8. The minimum absolute atomic E-state index is 0.0512. The summed E-state index contributed by atoms with van der Waals surface area (Å²) in [5, 5.41) is 0. The van der Waals surface area contributed by atoms with Crippen molar-refractivity contribution >= 4 is 21.7 Å². The number of methoxy groups -OCH3 is 2. The van der Waals surface area contributed by atoms with Gasteiger partial charge in [0, 0.05) is 0 Å². The molecule has 1 rings (SSSR count). The van der Waals surface area contributed by atoms with Crippen LogP contribution in [0.15, 0.2) is 23.1 Å². The highest BCUT2D eigenvalue weighted by atomic mass is 32.2. The molecule has 3 N–H and O–H groups in total. The Morgan fingerprint density at radius 2 is 2.06 bits per heavy atom. The van der Waals surface area contributed by atoms with E-state index in [2.05, 4.69) is 9.46 Å². The predicted molar refractivity (Wildman–Crippen MR) is 64.6 cm³/mol. The van der Waals surface area contributed by atoms with E-state index >= 15 is 0 Å². The zero-order chi connectivity index (χ0) is 13.8. The summed E-state index contributed by atoms with van der Waals surface area (Å²) in [7, 11) is -1.20. The SMILES string of the molecule is COC(=O)CNS(=O)(=O)c1ccc(OC)c(N)c1. The van der Waals surface area contributed by atoms with Gasteiger partial charge in [0.2, 0.25) is 10.0 Å². The van der Waals surface area contributed by atoms with Crippen LogP contribution in [0.25, 0.3) is 0 Å². The Bertz CT molecular complexity index is 541. The molecule has 0 radical (unpaired) electrons. The Morgan fingerprint density at radius 3 is 2.56 bits per heavy atom. The highest BCUT2D eigenvalue weighted by Gasteiger charge is 2.17. The molecule has 0 saturated carbocycles. The van der Waals surface area contributed by atoms with Crippen LogP contribution >= 0.6 is 0 Å². The number of anilines is 1. The minimum Gasteiger partial charge on any atom is -0.495 e. The summed E-state index contributed by atoms with van der Waals surface area (Å²) in [5.41, 5.74) is 5.79. The fourth-order valence-corrected chi connectivity index (χ4v) is 2.19. The zero-order valence-corrected chi connectivity index (χ0v) is 10.8. The number of hydrogen-bond acceptors (Lipinski definition) is 6. The van der Waals surface area contributed by atoms with E-state index in [1.807, 2.05) is 0 Å². The maximum absolute atomic E-state index is 11.8. The molecule has 0 heterocycles. The Labute approximate surface area is 105 Å². The molecule has 18 heavy (non-hydrogen) atoms. The number of carbonyl (C=O) groups is 1. The van der Waals surface area contributed by atoms with Gasteiger partial charge in [-0.25, -0.2) is 8.42 Å². The van der Waals surface area contributed by atoms with Gasteiger partial charge in [-0.1, -0.05) is 0 Å². The molecular weight excluding hydrogens is 260 g/mol. The molecule has 1 aromatic carbocycles. The molecule has 0 aliphatic carbocycles. The van der Waals surface area contributed by atoms with Gasteiger partial charge in [-0.2, -0.15) is 4.72 Å². The molecule has 0 unspecified atom stereocenters. The third kappa shape index (κ3) is 3.34. The number of nitrogen functional groups attached to an aromatic ring is 1. The molecule has 8 heteroatoms. The maximum Gasteiger partial charge on any atom is 0.320 e. The molecule has 0 bridgehead atoms. The first-order chi connectivity index (χ1) is 8.40. The van der Waals surface area contributed by atoms with Gasteiger partial charge >= 0.3 is 5.97 Å². The quantitative estimate of drug-likeness (QED) is 0.565. The lowest BCUT2D eigenvalue weighted by Gasteiger charge is -2.08. The first-order valence-corrected chi connectivity index (χ1v) is 6.39. The van der Waals surface area contributed by atoms with E-state index in [1.54, 1.807) is 0 Å². The average molecular weight is 274 g/mol. The number of sulfonamides is 1. The molecule has 0 spiro atoms. The van der Waals surface area contributed by atoms with Gasteiger partial charge in [0.15, 0.2) is 0 Å². The van der Waals surface area contributed by atoms with Crippen LogP contribution in [-0.2, 0) is 19.6 Å². The second-order valence-electron chi connectivity index (χ2n) is 3.30. The van der Waals surface area contributed by atoms with E-state index in [1.165, 1.54) is 32.4 Å². The van der Waals surface area contributed by atoms with E-state index in [4.69, 9.17) is 10.5 Å². The smallest absolute Gasteiger partial charge is 0.320 e. The van der Waals surface area contributed by atoms with Crippen molar-refractivity contribution in [3.63, 3.8) is 0 Å². The number of ether oxygens (including phenoxy) is 2. The van der Waals surface area contributed by atoms with Crippen LogP contribution in [0.2, 0.25) is 0 Å². The number of benzene rings is 1. The first-order valence-electron chi connectivity index (χ1n) is 4.90. The summed E-state index contributed by atoms with van der Waals surface area (Å²) < 4.78 is 34.9. The van der Waals surface area contributed by atoms with E-state index in [-0.39, 0.29) is 10.6 Å². The molecule has 0 amide bonds. The third-order valence-electron chi connectivity index (χ3n) is 2.15. The second-order valence-corrected chi connectivity index (χ2v) is 5.07. The van der Waals surface area contributed by atoms with Gasteiger partial charge in [-0.05, 0) is 18.2 Å². The molecule has 7 nitrogen and oxygen atoms in total. The average Bonchev–Trinajstić information content (AvgIpc) is 2.35. The van der Waals surface area contributed by atoms with E-state index in [0.29, 0.717) is 5.75 Å². The molecule has 100 valence electrons. The Balaban J connectivity index is 2.92. The third-order valence-corrected chi connectivity index (χ3v) is 3.54. The van der Waals surface area contributed by atoms with Crippen LogP contribution in [0.5, 0.6) is 5.75 Å². The molecule has 0 aromatic heterocycles. The van der Waals surface area contributed by atoms with E-state index in [0.717, 1.165) is 0 Å². The topological polar surface area (TPSA) is 108 Å². The van der Waals surface area contributed by atoms with Crippen LogP contribution in [0.3, 0.4) is 0 Å². The molecule has 0 saturated heterocycles. The van der Waals surface area contributed by atoms with Crippen molar-refractivity contribution in [1.82, 2.24) is 4.72 Å².